The number of esters is 1. The van der Waals surface area contributed by atoms with Crippen LogP contribution in [0.4, 0.5) is 0 Å². The number of carbonyl (C=O) groups is 3. The predicted octanol–water partition coefficient (Wildman–Crippen LogP) is 5.81. The lowest BCUT2D eigenvalue weighted by Gasteiger charge is -2.36. The Morgan fingerprint density at radius 1 is 1.10 bits per heavy atom. The van der Waals surface area contributed by atoms with Gasteiger partial charge in [0.25, 0.3) is 0 Å². The topological polar surface area (TPSA) is 114 Å². The van der Waals surface area contributed by atoms with E-state index in [4.69, 9.17) is 4.74 Å². The first-order valence-corrected chi connectivity index (χ1v) is 14.1. The fraction of sp³-hybridized carbons (Fsp3) is 0.452. The number of amides is 1. The van der Waals surface area contributed by atoms with Gasteiger partial charge in [-0.3, -0.25) is 14.6 Å². The van der Waals surface area contributed by atoms with Crippen molar-refractivity contribution in [3.8, 4) is 11.3 Å². The summed E-state index contributed by atoms with van der Waals surface area (Å²) in [6.07, 6.45) is 12.2. The number of fused-ring (bicyclic) bond motifs is 2. The molecule has 1 atom stereocenters. The van der Waals surface area contributed by atoms with Gasteiger partial charge < -0.3 is 15.0 Å². The van der Waals surface area contributed by atoms with Gasteiger partial charge in [-0.15, -0.1) is 0 Å². The lowest BCUT2D eigenvalue weighted by atomic mass is 9.75. The number of nitrogens with one attached hydrogen (secondary N) is 2. The summed E-state index contributed by atoms with van der Waals surface area (Å²) in [7, 11) is 0. The fourth-order valence-corrected chi connectivity index (χ4v) is 5.83. The number of ether oxygens (including phenoxy) is 1. The highest BCUT2D eigenvalue weighted by molar-refractivity contribution is 5.94. The maximum Gasteiger partial charge on any atom is 0.341 e. The Labute approximate surface area is 229 Å². The van der Waals surface area contributed by atoms with E-state index in [-0.39, 0.29) is 23.8 Å². The van der Waals surface area contributed by atoms with Crippen LogP contribution in [0.3, 0.4) is 0 Å². The minimum atomic E-state index is -0.646. The van der Waals surface area contributed by atoms with E-state index in [0.29, 0.717) is 49.9 Å². The Bertz CT molecular complexity index is 1310. The van der Waals surface area contributed by atoms with Gasteiger partial charge in [0.05, 0.1) is 23.5 Å². The predicted molar refractivity (Wildman–Crippen MR) is 147 cm³/mol. The summed E-state index contributed by atoms with van der Waals surface area (Å²) >= 11 is 0. The van der Waals surface area contributed by atoms with Gasteiger partial charge in [-0.05, 0) is 50.2 Å². The molecule has 8 nitrogen and oxygen atoms in total. The zero-order chi connectivity index (χ0) is 27.2. The third-order valence-corrected chi connectivity index (χ3v) is 8.15. The maximum absolute atomic E-state index is 13.5. The second-order valence-electron chi connectivity index (χ2n) is 10.7. The Morgan fingerprint density at radius 3 is 2.67 bits per heavy atom. The molecule has 1 aliphatic heterocycles. The smallest absolute Gasteiger partial charge is 0.341 e. The van der Waals surface area contributed by atoms with Crippen LogP contribution in [0, 0.1) is 5.92 Å². The van der Waals surface area contributed by atoms with E-state index < -0.39 is 5.60 Å². The third kappa shape index (κ3) is 5.95. The molecule has 39 heavy (non-hydrogen) atoms. The van der Waals surface area contributed by atoms with E-state index >= 15 is 0 Å². The summed E-state index contributed by atoms with van der Waals surface area (Å²) in [5.74, 6) is 0.556. The van der Waals surface area contributed by atoms with E-state index in [9.17, 15) is 14.4 Å². The van der Waals surface area contributed by atoms with Crippen LogP contribution in [0.2, 0.25) is 0 Å². The van der Waals surface area contributed by atoms with Crippen molar-refractivity contribution in [1.29, 1.82) is 0 Å². The number of nitrogens with zero attached hydrogens (tertiary/aromatic N) is 2. The molecule has 2 N–H and O–H groups in total. The van der Waals surface area contributed by atoms with E-state index in [1.807, 2.05) is 49.5 Å². The van der Waals surface area contributed by atoms with Gasteiger partial charge in [0.15, 0.2) is 0 Å². The Morgan fingerprint density at radius 2 is 1.90 bits per heavy atom. The van der Waals surface area contributed by atoms with Gasteiger partial charge in [0.1, 0.15) is 17.2 Å². The number of H-pyrrole nitrogens is 1. The Balaban J connectivity index is 1.24. The van der Waals surface area contributed by atoms with Crippen LogP contribution in [-0.2, 0) is 19.9 Å². The summed E-state index contributed by atoms with van der Waals surface area (Å²) in [5, 5.41) is 3.27. The molecule has 0 saturated heterocycles. The van der Waals surface area contributed by atoms with Crippen LogP contribution in [0.5, 0.6) is 0 Å². The summed E-state index contributed by atoms with van der Waals surface area (Å²) in [4.78, 5) is 49.7. The molecule has 204 valence electrons. The number of hydrogen-bond donors (Lipinski definition) is 2. The van der Waals surface area contributed by atoms with Crippen molar-refractivity contribution in [2.75, 3.05) is 0 Å². The van der Waals surface area contributed by atoms with Crippen LogP contribution in [0.25, 0.3) is 11.3 Å². The maximum atomic E-state index is 13.5. The number of imidazole rings is 1. The number of Topliss-reactive ketones (excluding diaryl/α,β-unsaturated/α-hetero) is 1. The summed E-state index contributed by atoms with van der Waals surface area (Å²) in [6, 6.07) is 11.6. The minimum absolute atomic E-state index is 0.00736. The van der Waals surface area contributed by atoms with E-state index in [1.165, 1.54) is 0 Å². The molecule has 1 aromatic carbocycles. The summed E-state index contributed by atoms with van der Waals surface area (Å²) in [5.41, 5.74) is 2.73. The minimum Gasteiger partial charge on any atom is -0.451 e. The standard InChI is InChI=1S/C31H36N4O4/c1-2-23(36)11-7-4-8-12-26(28-33-20-27(34-28)21-9-5-3-6-10-21)35-29(37)22-13-16-31(17-14-22)25-15-18-32-19-24(25)30(38)39-31/h3,5-6,9-10,15,18-20,22,26H,2,4,7-8,11-14,16-17H2,1H3,(H,33,34)(H,35,37)/t22?,26-,31?/m0/s1. The summed E-state index contributed by atoms with van der Waals surface area (Å²) < 4.78 is 5.83. The number of carbonyl (C=O) groups excluding carboxylic acids is 3. The van der Waals surface area contributed by atoms with Gasteiger partial charge >= 0.3 is 5.97 Å². The molecule has 1 spiro atoms. The van der Waals surface area contributed by atoms with Gasteiger partial charge in [-0.2, -0.15) is 0 Å². The van der Waals surface area contributed by atoms with Crippen LogP contribution < -0.4 is 5.32 Å². The molecule has 2 aliphatic rings. The molecule has 5 rings (SSSR count). The largest absolute Gasteiger partial charge is 0.451 e. The van der Waals surface area contributed by atoms with E-state index in [2.05, 4.69) is 20.3 Å². The number of hydrogen-bond acceptors (Lipinski definition) is 6. The highest BCUT2D eigenvalue weighted by atomic mass is 16.6. The highest BCUT2D eigenvalue weighted by Crippen LogP contribution is 2.48. The number of pyridine rings is 1. The van der Waals surface area contributed by atoms with E-state index in [1.54, 1.807) is 12.4 Å². The van der Waals surface area contributed by atoms with Crippen molar-refractivity contribution < 1.29 is 19.1 Å². The number of benzene rings is 1. The van der Waals surface area contributed by atoms with Crippen LogP contribution in [0.1, 0.15) is 98.9 Å². The van der Waals surface area contributed by atoms with Crippen molar-refractivity contribution in [2.45, 2.75) is 82.8 Å². The number of rotatable bonds is 11. The van der Waals surface area contributed by atoms with E-state index in [0.717, 1.165) is 48.3 Å². The second-order valence-corrected chi connectivity index (χ2v) is 10.7. The van der Waals surface area contributed by atoms with Crippen molar-refractivity contribution in [3.05, 3.63) is 71.9 Å². The normalized spacial score (nSPS) is 20.8. The highest BCUT2D eigenvalue weighted by Gasteiger charge is 2.48. The molecular weight excluding hydrogens is 492 g/mol. The van der Waals surface area contributed by atoms with Crippen molar-refractivity contribution in [1.82, 2.24) is 20.3 Å². The number of unbranched alkanes of at least 4 members (excludes halogenated alkanes) is 2. The van der Waals surface area contributed by atoms with Crippen LogP contribution in [-0.4, -0.2) is 32.6 Å². The zero-order valence-electron chi connectivity index (χ0n) is 22.4. The van der Waals surface area contributed by atoms with Crippen LogP contribution in [0.15, 0.2) is 55.0 Å². The number of aromatic nitrogens is 3. The molecule has 1 aliphatic carbocycles. The van der Waals surface area contributed by atoms with Crippen molar-refractivity contribution in [3.63, 3.8) is 0 Å². The molecule has 0 radical (unpaired) electrons. The Hall–Kier alpha value is -3.81. The molecule has 3 aromatic rings. The molecular formula is C31H36N4O4. The zero-order valence-corrected chi connectivity index (χ0v) is 22.4. The lowest BCUT2D eigenvalue weighted by molar-refractivity contribution is -0.129. The van der Waals surface area contributed by atoms with Crippen molar-refractivity contribution in [2.24, 2.45) is 5.92 Å². The molecule has 3 heterocycles. The van der Waals surface area contributed by atoms with Crippen LogP contribution >= 0.6 is 0 Å². The molecule has 1 amide bonds. The molecule has 8 heteroatoms. The van der Waals surface area contributed by atoms with Gasteiger partial charge in [0.2, 0.25) is 5.91 Å². The van der Waals surface area contributed by atoms with Gasteiger partial charge in [0, 0.05) is 36.7 Å². The first-order chi connectivity index (χ1) is 19.0. The molecule has 2 aromatic heterocycles. The first-order valence-electron chi connectivity index (χ1n) is 14.1. The molecule has 1 fully saturated rings. The lowest BCUT2D eigenvalue weighted by Crippen LogP contribution is -2.40. The second kappa shape index (κ2) is 11.9. The average Bonchev–Trinajstić information content (AvgIpc) is 3.56. The summed E-state index contributed by atoms with van der Waals surface area (Å²) in [6.45, 7) is 1.90. The van der Waals surface area contributed by atoms with Gasteiger partial charge in [-0.1, -0.05) is 50.1 Å². The van der Waals surface area contributed by atoms with Gasteiger partial charge in [-0.25, -0.2) is 9.78 Å². The molecule has 0 bridgehead atoms. The molecule has 1 saturated carbocycles. The Kier molecular flexibility index (Phi) is 8.19. The quantitative estimate of drug-likeness (QED) is 0.240. The number of ketones is 1. The average molecular weight is 529 g/mol. The monoisotopic (exact) mass is 528 g/mol. The van der Waals surface area contributed by atoms with Crippen molar-refractivity contribution >= 4 is 17.7 Å². The third-order valence-electron chi connectivity index (χ3n) is 8.15. The number of aromatic amines is 1. The first kappa shape index (κ1) is 26.8. The molecule has 0 unspecified atom stereocenters. The SMILES string of the molecule is CCC(=O)CCCCC[C@H](NC(=O)C1CCC2(CC1)OC(=O)c1cnccc12)c1ncc(-c2ccccc2)[nH]1. The fourth-order valence-electron chi connectivity index (χ4n) is 5.83.